The van der Waals surface area contributed by atoms with Crippen molar-refractivity contribution in [2.24, 2.45) is 9.98 Å². The molecule has 1 aromatic heterocycles. The van der Waals surface area contributed by atoms with Gasteiger partial charge in [0.2, 0.25) is 5.75 Å². The van der Waals surface area contributed by atoms with Gasteiger partial charge < -0.3 is 24.3 Å². The normalized spacial score (nSPS) is 16.4. The number of aromatic nitrogens is 1. The number of nitrogens with zero attached hydrogens (tertiary/aromatic N) is 5. The third kappa shape index (κ3) is 4.76. The summed E-state index contributed by atoms with van der Waals surface area (Å²) in [5.41, 5.74) is 3.80. The summed E-state index contributed by atoms with van der Waals surface area (Å²) in [4.78, 5) is 29.5. The van der Waals surface area contributed by atoms with E-state index in [9.17, 15) is 10.1 Å². The number of hydrogen-bond donors (Lipinski definition) is 1. The Morgan fingerprint density at radius 1 is 1.14 bits per heavy atom. The van der Waals surface area contributed by atoms with E-state index in [-0.39, 0.29) is 11.1 Å². The summed E-state index contributed by atoms with van der Waals surface area (Å²) >= 11 is 0. The van der Waals surface area contributed by atoms with Gasteiger partial charge >= 0.3 is 0 Å². The van der Waals surface area contributed by atoms with Gasteiger partial charge in [0.1, 0.15) is 11.9 Å². The van der Waals surface area contributed by atoms with Crippen molar-refractivity contribution >= 4 is 29.2 Å². The number of ether oxygens (including phenoxy) is 4. The highest BCUT2D eigenvalue weighted by Gasteiger charge is 2.28. The molecule has 1 amide bonds. The lowest BCUT2D eigenvalue weighted by atomic mass is 9.95. The van der Waals surface area contributed by atoms with Crippen LogP contribution >= 0.6 is 0 Å². The molecule has 2 aliphatic heterocycles. The summed E-state index contributed by atoms with van der Waals surface area (Å²) in [6, 6.07) is 5.24. The van der Waals surface area contributed by atoms with E-state index >= 15 is 0 Å². The summed E-state index contributed by atoms with van der Waals surface area (Å²) in [6.45, 7) is 3.73. The average molecular weight is 503 g/mol. The first-order valence-electron chi connectivity index (χ1n) is 11.7. The van der Waals surface area contributed by atoms with E-state index in [2.05, 4.69) is 21.3 Å². The van der Waals surface area contributed by atoms with Gasteiger partial charge in [-0.05, 0) is 18.2 Å². The number of carbonyl (C=O) groups is 1. The Labute approximate surface area is 214 Å². The summed E-state index contributed by atoms with van der Waals surface area (Å²) < 4.78 is 21.5. The van der Waals surface area contributed by atoms with E-state index in [4.69, 9.17) is 28.9 Å². The minimum Gasteiger partial charge on any atom is -0.493 e. The Bertz CT molecular complexity index is 1360. The quantitative estimate of drug-likeness (QED) is 0.610. The van der Waals surface area contributed by atoms with E-state index in [1.165, 1.54) is 27.5 Å². The van der Waals surface area contributed by atoms with Crippen molar-refractivity contribution < 1.29 is 23.7 Å². The highest BCUT2D eigenvalue weighted by atomic mass is 16.5. The molecule has 0 radical (unpaired) electrons. The Morgan fingerprint density at radius 2 is 1.86 bits per heavy atom. The van der Waals surface area contributed by atoms with Crippen LogP contribution in [0.5, 0.6) is 17.2 Å². The number of benzene rings is 1. The third-order valence-electron chi connectivity index (χ3n) is 6.38. The second-order valence-electron chi connectivity index (χ2n) is 8.57. The fourth-order valence-electron chi connectivity index (χ4n) is 4.49. The maximum absolute atomic E-state index is 13.3. The molecular formula is C26H26N6O5. The molecule has 11 nitrogen and oxygen atoms in total. The minimum absolute atomic E-state index is 0.243. The Kier molecular flexibility index (Phi) is 6.85. The average Bonchev–Trinajstić information content (AvgIpc) is 3.32. The number of anilines is 1. The molecule has 1 fully saturated rings. The molecule has 37 heavy (non-hydrogen) atoms. The van der Waals surface area contributed by atoms with Gasteiger partial charge in [-0.15, -0.1) is 0 Å². The predicted molar refractivity (Wildman–Crippen MR) is 137 cm³/mol. The summed E-state index contributed by atoms with van der Waals surface area (Å²) in [6.07, 6.45) is 3.76. The largest absolute Gasteiger partial charge is 0.493 e. The number of pyridine rings is 1. The Balaban J connectivity index is 1.46. The van der Waals surface area contributed by atoms with E-state index in [0.717, 1.165) is 30.3 Å². The highest BCUT2D eigenvalue weighted by Crippen LogP contribution is 2.39. The predicted octanol–water partition coefficient (Wildman–Crippen LogP) is 2.31. The molecule has 0 bridgehead atoms. The number of hydrogen-bond acceptors (Lipinski definition) is 10. The molecule has 190 valence electrons. The van der Waals surface area contributed by atoms with Crippen LogP contribution in [0.15, 0.2) is 34.0 Å². The van der Waals surface area contributed by atoms with Gasteiger partial charge in [-0.1, -0.05) is 0 Å². The minimum atomic E-state index is -0.440. The van der Waals surface area contributed by atoms with E-state index in [0.29, 0.717) is 60.4 Å². The van der Waals surface area contributed by atoms with Crippen LogP contribution in [0.1, 0.15) is 27.2 Å². The number of nitriles is 1. The zero-order chi connectivity index (χ0) is 25.9. The van der Waals surface area contributed by atoms with Crippen molar-refractivity contribution in [3.8, 4) is 23.3 Å². The number of amides is 1. The van der Waals surface area contributed by atoms with Crippen molar-refractivity contribution in [3.05, 3.63) is 46.4 Å². The van der Waals surface area contributed by atoms with Crippen LogP contribution in [0.4, 0.5) is 5.69 Å². The van der Waals surface area contributed by atoms with Crippen LogP contribution in [0.3, 0.4) is 0 Å². The van der Waals surface area contributed by atoms with Gasteiger partial charge in [0, 0.05) is 36.8 Å². The molecule has 3 aliphatic rings. The first-order valence-corrected chi connectivity index (χ1v) is 11.7. The number of carbonyl (C=O) groups excluding carboxylic acids is 1. The molecule has 0 unspecified atom stereocenters. The van der Waals surface area contributed by atoms with Crippen LogP contribution in [0.2, 0.25) is 0 Å². The van der Waals surface area contributed by atoms with Gasteiger partial charge in [-0.3, -0.25) is 14.7 Å². The van der Waals surface area contributed by atoms with Crippen molar-refractivity contribution in [2.75, 3.05) is 59.5 Å². The van der Waals surface area contributed by atoms with Gasteiger partial charge in [-0.2, -0.15) is 5.26 Å². The lowest BCUT2D eigenvalue weighted by Crippen LogP contribution is -2.39. The Morgan fingerprint density at radius 3 is 2.51 bits per heavy atom. The molecular weight excluding hydrogens is 476 g/mol. The van der Waals surface area contributed by atoms with E-state index in [1.54, 1.807) is 12.1 Å². The van der Waals surface area contributed by atoms with Crippen molar-refractivity contribution in [3.63, 3.8) is 0 Å². The number of rotatable bonds is 7. The van der Waals surface area contributed by atoms with Crippen LogP contribution in [0.25, 0.3) is 6.08 Å². The fourth-order valence-corrected chi connectivity index (χ4v) is 4.49. The zero-order valence-electron chi connectivity index (χ0n) is 20.8. The lowest BCUT2D eigenvalue weighted by Gasteiger charge is -2.25. The zero-order valence-corrected chi connectivity index (χ0v) is 20.8. The number of aliphatic imine (C=N–C) groups is 2. The maximum atomic E-state index is 13.3. The fraction of sp³-hybridized carbons (Fsp3) is 0.346. The number of nitrogens with one attached hydrogen (secondary N) is 1. The first kappa shape index (κ1) is 24.4. The standard InChI is InChI=1S/C26H26N6O5/c1-34-21-8-15(9-22(35-2)25(21)36-3)26(33)31-24-16(12-27)13-28-18-11-20-19(10-17(18)24)29-23(30-20)14-32-4-6-37-7-5-32/h8-10,13H,4-7,11,14H2,1-3H3,(H,28,31,33). The first-order chi connectivity index (χ1) is 18.0. The molecule has 0 saturated carbocycles. The number of morpholine rings is 1. The summed E-state index contributed by atoms with van der Waals surface area (Å²) in [5.74, 6) is 1.37. The Hall–Kier alpha value is -4.27. The molecule has 2 aromatic rings. The summed E-state index contributed by atoms with van der Waals surface area (Å²) in [7, 11) is 4.45. The molecule has 0 atom stereocenters. The van der Waals surface area contributed by atoms with Gasteiger partial charge in [-0.25, -0.2) is 9.98 Å². The molecule has 1 aromatic carbocycles. The smallest absolute Gasteiger partial charge is 0.255 e. The molecule has 1 N–H and O–H groups in total. The monoisotopic (exact) mass is 502 g/mol. The number of amidine groups is 1. The number of methoxy groups -OCH3 is 3. The molecule has 1 saturated heterocycles. The SMILES string of the molecule is COc1cc(C(=O)Nc2c(C#N)cnc3c2C=C2N=C(CN4CCOCC4)N=C2C3)cc(OC)c1OC. The molecule has 11 heteroatoms. The van der Waals surface area contributed by atoms with Crippen molar-refractivity contribution in [2.45, 2.75) is 6.42 Å². The van der Waals surface area contributed by atoms with Gasteiger partial charge in [0.05, 0.1) is 69.4 Å². The van der Waals surface area contributed by atoms with Gasteiger partial charge in [0.15, 0.2) is 11.5 Å². The molecule has 3 heterocycles. The van der Waals surface area contributed by atoms with E-state index in [1.807, 2.05) is 6.08 Å². The number of fused-ring (bicyclic) bond motifs is 2. The van der Waals surface area contributed by atoms with Crippen LogP contribution in [-0.2, 0) is 11.2 Å². The van der Waals surface area contributed by atoms with Crippen LogP contribution in [-0.4, -0.2) is 81.5 Å². The van der Waals surface area contributed by atoms with Crippen molar-refractivity contribution in [1.82, 2.24) is 9.88 Å². The lowest BCUT2D eigenvalue weighted by molar-refractivity contribution is 0.0452. The van der Waals surface area contributed by atoms with Crippen LogP contribution in [0, 0.1) is 11.3 Å². The van der Waals surface area contributed by atoms with Crippen molar-refractivity contribution in [1.29, 1.82) is 5.26 Å². The third-order valence-corrected chi connectivity index (χ3v) is 6.38. The molecule has 1 aliphatic carbocycles. The molecule has 0 spiro atoms. The van der Waals surface area contributed by atoms with Crippen LogP contribution < -0.4 is 19.5 Å². The number of allylic oxidation sites excluding steroid dienone is 1. The summed E-state index contributed by atoms with van der Waals surface area (Å²) in [5, 5.41) is 12.7. The topological polar surface area (TPSA) is 131 Å². The second-order valence-corrected chi connectivity index (χ2v) is 8.57. The second kappa shape index (κ2) is 10.4. The highest BCUT2D eigenvalue weighted by molar-refractivity contribution is 6.18. The molecule has 5 rings (SSSR count). The van der Waals surface area contributed by atoms with E-state index < -0.39 is 5.91 Å². The maximum Gasteiger partial charge on any atom is 0.255 e. The van der Waals surface area contributed by atoms with Gasteiger partial charge in [0.25, 0.3) is 5.91 Å².